The highest BCUT2D eigenvalue weighted by Gasteiger charge is 2.38. The minimum Gasteiger partial charge on any atom is -0.466 e. The zero-order valence-electron chi connectivity index (χ0n) is 30.2. The van der Waals surface area contributed by atoms with E-state index >= 15 is 8.78 Å². The monoisotopic (exact) mass is 745 g/mol. The van der Waals surface area contributed by atoms with Crippen LogP contribution in [0.5, 0.6) is 0 Å². The number of hydrogen-bond acceptors (Lipinski definition) is 5. The van der Waals surface area contributed by atoms with E-state index in [9.17, 15) is 40.7 Å². The van der Waals surface area contributed by atoms with Gasteiger partial charge in [-0.05, 0) is 100 Å². The Bertz CT molecular complexity index is 1850. The highest BCUT2D eigenvalue weighted by Crippen LogP contribution is 2.41. The molecule has 1 unspecified atom stereocenters. The Morgan fingerprint density at radius 2 is 1.54 bits per heavy atom. The molecule has 1 heterocycles. The van der Waals surface area contributed by atoms with Crippen LogP contribution in [-0.4, -0.2) is 48.6 Å². The zero-order chi connectivity index (χ0) is 39.5. The third-order valence-electron chi connectivity index (χ3n) is 8.64. The molecule has 2 aromatic carbocycles. The number of carbonyl (C=O) groups excluding carboxylic acids is 2. The van der Waals surface area contributed by atoms with Crippen LogP contribution in [0.25, 0.3) is 11.1 Å². The van der Waals surface area contributed by atoms with Gasteiger partial charge < -0.3 is 19.5 Å². The predicted molar refractivity (Wildman–Crippen MR) is 180 cm³/mol. The lowest BCUT2D eigenvalue weighted by atomic mass is 9.87. The smallest absolute Gasteiger partial charge is 0.416 e. The highest BCUT2D eigenvalue weighted by molar-refractivity contribution is 5.82. The molecule has 0 aliphatic carbocycles. The Labute approximate surface area is 297 Å². The van der Waals surface area contributed by atoms with Crippen molar-refractivity contribution in [3.05, 3.63) is 91.4 Å². The molecule has 0 saturated carbocycles. The number of aryl methyl sites for hydroxylation is 2. The number of carbonyl (C=O) groups is 2. The molecule has 2 atom stereocenters. The third kappa shape index (κ3) is 9.78. The van der Waals surface area contributed by atoms with Crippen LogP contribution in [0.15, 0.2) is 35.3 Å². The molecule has 15 heteroatoms. The van der Waals surface area contributed by atoms with E-state index in [0.29, 0.717) is 6.07 Å². The summed E-state index contributed by atoms with van der Waals surface area (Å²) in [4.78, 5) is 41.8. The number of aromatic nitrogens is 1. The van der Waals surface area contributed by atoms with Gasteiger partial charge in [0, 0.05) is 29.9 Å². The maximum atomic E-state index is 16.7. The van der Waals surface area contributed by atoms with Gasteiger partial charge in [-0.2, -0.15) is 26.3 Å². The van der Waals surface area contributed by atoms with Crippen LogP contribution >= 0.6 is 0 Å². The molecular weight excluding hydrogens is 702 g/mol. The largest absolute Gasteiger partial charge is 0.466 e. The summed E-state index contributed by atoms with van der Waals surface area (Å²) in [5, 5.41) is 2.43. The van der Waals surface area contributed by atoms with Crippen LogP contribution in [0.2, 0.25) is 0 Å². The summed E-state index contributed by atoms with van der Waals surface area (Å²) in [6, 6.07) is 0.105. The van der Waals surface area contributed by atoms with Crippen LogP contribution in [0, 0.1) is 38.3 Å². The van der Waals surface area contributed by atoms with E-state index in [2.05, 4.69) is 5.32 Å². The topological polar surface area (TPSA) is 80.6 Å². The minimum absolute atomic E-state index is 0.108. The maximum Gasteiger partial charge on any atom is 0.416 e. The number of halogens is 8. The number of hydrogen-bond donors (Lipinski definition) is 1. The number of alkyl halides is 6. The lowest BCUT2D eigenvalue weighted by Crippen LogP contribution is -2.41. The molecule has 0 spiro atoms. The predicted octanol–water partition coefficient (Wildman–Crippen LogP) is 8.26. The lowest BCUT2D eigenvalue weighted by Gasteiger charge is -2.27. The first kappa shape index (κ1) is 42.1. The maximum absolute atomic E-state index is 16.7. The number of nitrogens with zero attached hydrogens (tertiary/aromatic N) is 2. The Kier molecular flexibility index (Phi) is 13.5. The Hall–Kier alpha value is -4.27. The second-order valence-corrected chi connectivity index (χ2v) is 13.4. The number of nitrogens with one attached hydrogen (secondary N) is 1. The summed E-state index contributed by atoms with van der Waals surface area (Å²) in [5.41, 5.74) is -5.39. The number of amides is 1. The van der Waals surface area contributed by atoms with E-state index in [-0.39, 0.29) is 59.7 Å². The van der Waals surface area contributed by atoms with E-state index in [1.165, 1.54) is 20.8 Å². The zero-order valence-corrected chi connectivity index (χ0v) is 30.2. The first-order chi connectivity index (χ1) is 24.0. The van der Waals surface area contributed by atoms with Gasteiger partial charge >= 0.3 is 18.3 Å². The van der Waals surface area contributed by atoms with E-state index < -0.39 is 82.2 Å². The van der Waals surface area contributed by atoms with E-state index in [1.807, 2.05) is 0 Å². The highest BCUT2D eigenvalue weighted by atomic mass is 19.4. The van der Waals surface area contributed by atoms with Gasteiger partial charge in [0.1, 0.15) is 17.7 Å². The van der Waals surface area contributed by atoms with Gasteiger partial charge in [-0.25, -0.2) is 8.78 Å². The van der Waals surface area contributed by atoms with E-state index in [0.717, 1.165) is 35.9 Å². The van der Waals surface area contributed by atoms with Crippen LogP contribution in [0.3, 0.4) is 0 Å². The molecule has 7 nitrogen and oxygen atoms in total. The molecule has 3 aromatic rings. The lowest BCUT2D eigenvalue weighted by molar-refractivity contribution is -0.144. The van der Waals surface area contributed by atoms with Gasteiger partial charge in [0.05, 0.1) is 30.2 Å². The SMILES string of the molecule is CCOC(=O)C[C@H](NC(=O)C(CC(C)C)n1cc(CCN(C)C)c(C(F)(F)F)cc1=O)c1c(F)c(C)cc(-c2c(C)ccc(C(F)(F)F)c2C)c1F. The normalized spacial score (nSPS) is 13.4. The standard InChI is InChI=1S/C37H43F8N3O4/c1-9-52-30(50)17-27(32-33(38)21(5)15-24(34(32)39)31-20(4)10-11-25(22(31)6)36(40,41)42)46-35(51)28(14-19(2)3)48-18-23(12-13-47(7)8)26(16-29(48)49)37(43,44)45/h10-11,15-16,18-19,27-28H,9,12-14,17H2,1-8H3,(H,46,51)/t27-,28?/m0/s1. The molecule has 1 N–H and O–H groups in total. The van der Waals surface area contributed by atoms with Gasteiger partial charge in [0.25, 0.3) is 5.56 Å². The summed E-state index contributed by atoms with van der Waals surface area (Å²) in [5.74, 6) is -4.90. The van der Waals surface area contributed by atoms with Gasteiger partial charge in [0.2, 0.25) is 5.91 Å². The van der Waals surface area contributed by atoms with Crippen molar-refractivity contribution in [3.8, 4) is 11.1 Å². The number of benzene rings is 2. The van der Waals surface area contributed by atoms with Crippen molar-refractivity contribution in [2.24, 2.45) is 5.92 Å². The molecule has 0 bridgehead atoms. The second kappa shape index (κ2) is 16.6. The van der Waals surface area contributed by atoms with Crippen molar-refractivity contribution in [2.75, 3.05) is 27.2 Å². The fraction of sp³-hybridized carbons (Fsp3) is 0.486. The first-order valence-corrected chi connectivity index (χ1v) is 16.6. The van der Waals surface area contributed by atoms with Crippen LogP contribution in [0.4, 0.5) is 35.1 Å². The average Bonchev–Trinajstić information content (AvgIpc) is 3.00. The van der Waals surface area contributed by atoms with Crippen molar-refractivity contribution in [1.29, 1.82) is 0 Å². The Balaban J connectivity index is 2.27. The average molecular weight is 746 g/mol. The summed E-state index contributed by atoms with van der Waals surface area (Å²) in [6.45, 7) is 8.70. The van der Waals surface area contributed by atoms with Gasteiger partial charge in [-0.15, -0.1) is 0 Å². The number of ether oxygens (including phenoxy) is 1. The number of esters is 1. The molecule has 0 aliphatic rings. The molecule has 1 amide bonds. The fourth-order valence-electron chi connectivity index (χ4n) is 6.17. The van der Waals surface area contributed by atoms with Crippen LogP contribution in [0.1, 0.15) is 84.6 Å². The molecule has 0 fully saturated rings. The summed E-state index contributed by atoms with van der Waals surface area (Å²) in [7, 11) is 3.29. The summed E-state index contributed by atoms with van der Waals surface area (Å²) < 4.78 is 122. The van der Waals surface area contributed by atoms with Crippen LogP contribution < -0.4 is 10.9 Å². The molecule has 286 valence electrons. The Morgan fingerprint density at radius 3 is 2.08 bits per heavy atom. The summed E-state index contributed by atoms with van der Waals surface area (Å²) >= 11 is 0. The van der Waals surface area contributed by atoms with Crippen molar-refractivity contribution in [2.45, 2.75) is 85.2 Å². The molecule has 3 rings (SSSR count). The van der Waals surface area contributed by atoms with Gasteiger partial charge in [-0.1, -0.05) is 19.9 Å². The van der Waals surface area contributed by atoms with Crippen molar-refractivity contribution < 1.29 is 49.4 Å². The molecule has 0 radical (unpaired) electrons. The third-order valence-corrected chi connectivity index (χ3v) is 8.64. The number of pyridine rings is 1. The molecule has 52 heavy (non-hydrogen) atoms. The number of rotatable bonds is 13. The second-order valence-electron chi connectivity index (χ2n) is 13.4. The van der Waals surface area contributed by atoms with Gasteiger partial charge in [0.15, 0.2) is 0 Å². The molecule has 1 aromatic heterocycles. The first-order valence-electron chi connectivity index (χ1n) is 16.6. The van der Waals surface area contributed by atoms with E-state index in [4.69, 9.17) is 4.74 Å². The molecule has 0 aliphatic heterocycles. The fourth-order valence-corrected chi connectivity index (χ4v) is 6.17. The number of likely N-dealkylation sites (N-methyl/N-ethyl adjacent to an activating group) is 1. The summed E-state index contributed by atoms with van der Waals surface area (Å²) in [6.07, 6.45) is -9.80. The Morgan fingerprint density at radius 1 is 0.923 bits per heavy atom. The van der Waals surface area contributed by atoms with Crippen LogP contribution in [-0.2, 0) is 33.1 Å². The quantitative estimate of drug-likeness (QED) is 0.141. The van der Waals surface area contributed by atoms with Crippen molar-refractivity contribution in [3.63, 3.8) is 0 Å². The van der Waals surface area contributed by atoms with Crippen molar-refractivity contribution >= 4 is 11.9 Å². The molecular formula is C37H43F8N3O4. The van der Waals surface area contributed by atoms with Gasteiger partial charge in [-0.3, -0.25) is 14.4 Å². The molecule has 0 saturated heterocycles. The van der Waals surface area contributed by atoms with E-state index in [1.54, 1.807) is 32.8 Å². The van der Waals surface area contributed by atoms with Crippen molar-refractivity contribution in [1.82, 2.24) is 14.8 Å². The minimum atomic E-state index is -4.88.